The summed E-state index contributed by atoms with van der Waals surface area (Å²) >= 11 is 0. The first kappa shape index (κ1) is 22.8. The van der Waals surface area contributed by atoms with Crippen molar-refractivity contribution in [1.82, 2.24) is 4.90 Å². The van der Waals surface area contributed by atoms with Crippen LogP contribution in [0, 0.1) is 6.92 Å². The first-order chi connectivity index (χ1) is 16.7. The molecule has 0 fully saturated rings. The topological polar surface area (TPSA) is 57.7 Å². The number of carbonyl (C=O) groups excluding carboxylic acids is 3. The van der Waals surface area contributed by atoms with Crippen molar-refractivity contribution in [1.29, 1.82) is 0 Å². The summed E-state index contributed by atoms with van der Waals surface area (Å²) in [6.45, 7) is 8.02. The molecule has 3 aromatic rings. The third-order valence-electron chi connectivity index (χ3n) is 6.88. The van der Waals surface area contributed by atoms with Crippen molar-refractivity contribution in [3.8, 4) is 0 Å². The molecule has 0 spiro atoms. The Morgan fingerprint density at radius 3 is 2.06 bits per heavy atom. The number of fused-ring (bicyclic) bond motifs is 2. The van der Waals surface area contributed by atoms with Crippen LogP contribution in [0.5, 0.6) is 0 Å². The zero-order valence-electron chi connectivity index (χ0n) is 20.4. The minimum absolute atomic E-state index is 0.238. The first-order valence-electron chi connectivity index (χ1n) is 11.8. The normalized spacial score (nSPS) is 17.1. The van der Waals surface area contributed by atoms with Crippen molar-refractivity contribution in [2.75, 3.05) is 4.90 Å². The van der Waals surface area contributed by atoms with Gasteiger partial charge in [-0.05, 0) is 62.6 Å². The van der Waals surface area contributed by atoms with Gasteiger partial charge < -0.3 is 4.90 Å². The van der Waals surface area contributed by atoms with E-state index in [1.165, 1.54) is 0 Å². The van der Waals surface area contributed by atoms with E-state index < -0.39 is 23.4 Å². The van der Waals surface area contributed by atoms with Crippen LogP contribution < -0.4 is 4.90 Å². The zero-order valence-corrected chi connectivity index (χ0v) is 20.4. The Hall–Kier alpha value is -3.99. The Kier molecular flexibility index (Phi) is 5.43. The SMILES string of the molecule is CC1=CC(C)(C)N(C(=O)C(Cc2ccccc2)N2C(=O)c3ccccc3C2=O)c2cc(C)ccc21. The zero-order chi connectivity index (χ0) is 24.9. The highest BCUT2D eigenvalue weighted by Crippen LogP contribution is 2.41. The summed E-state index contributed by atoms with van der Waals surface area (Å²) in [5.41, 5.74) is 4.82. The van der Waals surface area contributed by atoms with Gasteiger partial charge >= 0.3 is 0 Å². The Labute approximate surface area is 205 Å². The van der Waals surface area contributed by atoms with E-state index in [1.54, 1.807) is 29.2 Å². The van der Waals surface area contributed by atoms with Crippen molar-refractivity contribution < 1.29 is 14.4 Å². The molecule has 5 rings (SSSR count). The van der Waals surface area contributed by atoms with Gasteiger partial charge in [-0.3, -0.25) is 19.3 Å². The van der Waals surface area contributed by atoms with Crippen LogP contribution in [0.3, 0.4) is 0 Å². The van der Waals surface area contributed by atoms with Gasteiger partial charge in [-0.15, -0.1) is 0 Å². The fourth-order valence-electron chi connectivity index (χ4n) is 5.31. The number of amides is 3. The van der Waals surface area contributed by atoms with Crippen LogP contribution in [0.4, 0.5) is 5.69 Å². The van der Waals surface area contributed by atoms with E-state index in [9.17, 15) is 14.4 Å². The molecule has 35 heavy (non-hydrogen) atoms. The number of benzene rings is 3. The number of anilines is 1. The summed E-state index contributed by atoms with van der Waals surface area (Å²) in [6.07, 6.45) is 2.31. The molecule has 5 nitrogen and oxygen atoms in total. The number of rotatable bonds is 4. The van der Waals surface area contributed by atoms with Crippen LogP contribution in [0.1, 0.15) is 58.2 Å². The average Bonchev–Trinajstić information content (AvgIpc) is 3.07. The molecule has 2 heterocycles. The Morgan fingerprint density at radius 1 is 0.829 bits per heavy atom. The summed E-state index contributed by atoms with van der Waals surface area (Å²) in [5.74, 6) is -1.12. The molecule has 0 saturated carbocycles. The Bertz CT molecular complexity index is 1350. The van der Waals surface area contributed by atoms with Crippen LogP contribution in [0.2, 0.25) is 0 Å². The smallest absolute Gasteiger partial charge is 0.262 e. The number of hydrogen-bond donors (Lipinski definition) is 0. The predicted molar refractivity (Wildman–Crippen MR) is 137 cm³/mol. The van der Waals surface area contributed by atoms with E-state index in [2.05, 4.69) is 6.08 Å². The van der Waals surface area contributed by atoms with Crippen molar-refractivity contribution in [3.05, 3.63) is 107 Å². The number of allylic oxidation sites excluding steroid dienone is 1. The second-order valence-corrected chi connectivity index (χ2v) is 9.91. The van der Waals surface area contributed by atoms with Gasteiger partial charge in [0.05, 0.1) is 22.4 Å². The van der Waals surface area contributed by atoms with E-state index in [0.29, 0.717) is 11.1 Å². The van der Waals surface area contributed by atoms with Gasteiger partial charge in [0, 0.05) is 12.0 Å². The molecule has 0 radical (unpaired) electrons. The molecule has 2 aliphatic rings. The lowest BCUT2D eigenvalue weighted by Gasteiger charge is -2.44. The summed E-state index contributed by atoms with van der Waals surface area (Å²) in [5, 5.41) is 0. The molecule has 0 bridgehead atoms. The van der Waals surface area contributed by atoms with Crippen LogP contribution in [-0.2, 0) is 11.2 Å². The molecular formula is C30H28N2O3. The van der Waals surface area contributed by atoms with Gasteiger partial charge in [-0.25, -0.2) is 0 Å². The van der Waals surface area contributed by atoms with Gasteiger partial charge in [-0.2, -0.15) is 0 Å². The molecule has 3 amide bonds. The predicted octanol–water partition coefficient (Wildman–Crippen LogP) is 5.43. The van der Waals surface area contributed by atoms with Crippen LogP contribution in [-0.4, -0.2) is 34.2 Å². The number of aryl methyl sites for hydroxylation is 1. The van der Waals surface area contributed by atoms with E-state index >= 15 is 0 Å². The third-order valence-corrected chi connectivity index (χ3v) is 6.88. The summed E-state index contributed by atoms with van der Waals surface area (Å²) < 4.78 is 0. The van der Waals surface area contributed by atoms with Gasteiger partial charge in [0.1, 0.15) is 6.04 Å². The first-order valence-corrected chi connectivity index (χ1v) is 11.8. The van der Waals surface area contributed by atoms with Gasteiger partial charge in [-0.1, -0.05) is 60.7 Å². The lowest BCUT2D eigenvalue weighted by Crippen LogP contribution is -2.58. The van der Waals surface area contributed by atoms with E-state index in [4.69, 9.17) is 0 Å². The minimum Gasteiger partial charge on any atom is -0.301 e. The number of imide groups is 1. The molecule has 0 aliphatic carbocycles. The lowest BCUT2D eigenvalue weighted by atomic mass is 9.87. The molecule has 0 aromatic heterocycles. The molecule has 3 aromatic carbocycles. The fourth-order valence-corrected chi connectivity index (χ4v) is 5.31. The monoisotopic (exact) mass is 464 g/mol. The summed E-state index contributed by atoms with van der Waals surface area (Å²) in [4.78, 5) is 44.3. The lowest BCUT2D eigenvalue weighted by molar-refractivity contribution is -0.123. The van der Waals surface area contributed by atoms with Crippen molar-refractivity contribution >= 4 is 29.0 Å². The van der Waals surface area contributed by atoms with Crippen molar-refractivity contribution in [2.24, 2.45) is 0 Å². The molecule has 1 atom stereocenters. The van der Waals surface area contributed by atoms with E-state index in [0.717, 1.165) is 32.9 Å². The summed E-state index contributed by atoms with van der Waals surface area (Å²) in [7, 11) is 0. The Morgan fingerprint density at radius 2 is 1.43 bits per heavy atom. The van der Waals surface area contributed by atoms with Gasteiger partial charge in [0.15, 0.2) is 0 Å². The number of hydrogen-bond acceptors (Lipinski definition) is 3. The maximum Gasteiger partial charge on any atom is 0.262 e. The van der Waals surface area contributed by atoms with Crippen LogP contribution >= 0.6 is 0 Å². The second-order valence-electron chi connectivity index (χ2n) is 9.91. The molecular weight excluding hydrogens is 436 g/mol. The average molecular weight is 465 g/mol. The maximum absolute atomic E-state index is 14.5. The fraction of sp³-hybridized carbons (Fsp3) is 0.233. The number of carbonyl (C=O) groups is 3. The van der Waals surface area contributed by atoms with Crippen molar-refractivity contribution in [2.45, 2.75) is 45.7 Å². The number of nitrogens with zero attached hydrogens (tertiary/aromatic N) is 2. The van der Waals surface area contributed by atoms with Gasteiger partial charge in [0.2, 0.25) is 0 Å². The van der Waals surface area contributed by atoms with Crippen LogP contribution in [0.15, 0.2) is 78.9 Å². The highest BCUT2D eigenvalue weighted by atomic mass is 16.2. The molecule has 2 aliphatic heterocycles. The van der Waals surface area contributed by atoms with E-state index in [1.807, 2.05) is 76.2 Å². The quantitative estimate of drug-likeness (QED) is 0.484. The van der Waals surface area contributed by atoms with Gasteiger partial charge in [0.25, 0.3) is 17.7 Å². The van der Waals surface area contributed by atoms with E-state index in [-0.39, 0.29) is 12.3 Å². The standard InChI is InChI=1S/C30H28N2O3/c1-19-14-15-22-20(2)18-30(3,4)32(25(22)16-19)29(35)26(17-21-10-6-5-7-11-21)31-27(33)23-12-8-9-13-24(23)28(31)34/h5-16,18,26H,17H2,1-4H3. The molecule has 0 N–H and O–H groups in total. The second kappa shape index (κ2) is 8.35. The van der Waals surface area contributed by atoms with Crippen LogP contribution in [0.25, 0.3) is 5.57 Å². The Balaban J connectivity index is 1.64. The molecule has 176 valence electrons. The van der Waals surface area contributed by atoms with Crippen molar-refractivity contribution in [3.63, 3.8) is 0 Å². The summed E-state index contributed by atoms with van der Waals surface area (Å²) in [6, 6.07) is 21.4. The highest BCUT2D eigenvalue weighted by Gasteiger charge is 2.47. The maximum atomic E-state index is 14.5. The highest BCUT2D eigenvalue weighted by molar-refractivity contribution is 6.23. The molecule has 0 saturated heterocycles. The molecule has 1 unspecified atom stereocenters. The molecule has 5 heteroatoms. The minimum atomic E-state index is -0.982. The third kappa shape index (κ3) is 3.77. The largest absolute Gasteiger partial charge is 0.301 e.